The van der Waals surface area contributed by atoms with Gasteiger partial charge in [0.1, 0.15) is 11.9 Å². The highest BCUT2D eigenvalue weighted by Crippen LogP contribution is 2.10. The molecule has 0 radical (unpaired) electrons. The van der Waals surface area contributed by atoms with E-state index in [4.69, 9.17) is 10.00 Å². The smallest absolute Gasteiger partial charge is 0.310 e. The van der Waals surface area contributed by atoms with Crippen LogP contribution in [-0.4, -0.2) is 12.1 Å². The summed E-state index contributed by atoms with van der Waals surface area (Å²) < 4.78 is 17.9. The zero-order chi connectivity index (χ0) is 12.1. The Morgan fingerprint density at radius 1 is 1.56 bits per heavy atom. The molecule has 0 heterocycles. The number of hydrogen-bond donors (Lipinski definition) is 0. The van der Waals surface area contributed by atoms with Crippen LogP contribution in [0.3, 0.4) is 0 Å². The van der Waals surface area contributed by atoms with E-state index in [-0.39, 0.29) is 24.1 Å². The summed E-state index contributed by atoms with van der Waals surface area (Å²) in [6.45, 7) is 3.51. The van der Waals surface area contributed by atoms with Crippen LogP contribution in [0.25, 0.3) is 0 Å². The fraction of sp³-hybridized carbons (Fsp3) is 0.333. The minimum Gasteiger partial charge on any atom is -0.463 e. The maximum atomic E-state index is 13.0. The number of halogens is 1. The van der Waals surface area contributed by atoms with Crippen molar-refractivity contribution in [2.45, 2.75) is 26.4 Å². The molecule has 0 aromatic heterocycles. The van der Waals surface area contributed by atoms with Crippen molar-refractivity contribution >= 4 is 5.97 Å². The van der Waals surface area contributed by atoms with Gasteiger partial charge in [-0.25, -0.2) is 4.39 Å². The summed E-state index contributed by atoms with van der Waals surface area (Å²) in [4.78, 5) is 11.3. The third kappa shape index (κ3) is 3.35. The average molecular weight is 221 g/mol. The van der Waals surface area contributed by atoms with Crippen LogP contribution >= 0.6 is 0 Å². The summed E-state index contributed by atoms with van der Waals surface area (Å²) in [7, 11) is 0. The van der Waals surface area contributed by atoms with E-state index >= 15 is 0 Å². The van der Waals surface area contributed by atoms with Crippen LogP contribution < -0.4 is 0 Å². The van der Waals surface area contributed by atoms with Gasteiger partial charge in [0.2, 0.25) is 0 Å². The second kappa shape index (κ2) is 5.26. The van der Waals surface area contributed by atoms with Crippen LogP contribution in [0.5, 0.6) is 0 Å². The van der Waals surface area contributed by atoms with Crippen molar-refractivity contribution in [2.75, 3.05) is 0 Å². The number of nitriles is 1. The molecule has 0 N–H and O–H groups in total. The summed E-state index contributed by atoms with van der Waals surface area (Å²) in [5, 5.41) is 8.62. The van der Waals surface area contributed by atoms with Gasteiger partial charge in [-0.05, 0) is 31.5 Å². The zero-order valence-electron chi connectivity index (χ0n) is 9.16. The van der Waals surface area contributed by atoms with Crippen LogP contribution in [0, 0.1) is 17.1 Å². The SMILES string of the molecule is CC(C)OC(=O)Cc1ccc(F)c(C#N)c1. The first kappa shape index (κ1) is 12.2. The predicted octanol–water partition coefficient (Wildman–Crippen LogP) is 2.19. The van der Waals surface area contributed by atoms with Crippen molar-refractivity contribution in [1.82, 2.24) is 0 Å². The molecule has 4 heteroatoms. The van der Waals surface area contributed by atoms with Gasteiger partial charge in [0, 0.05) is 0 Å². The Labute approximate surface area is 93.5 Å². The molecule has 16 heavy (non-hydrogen) atoms. The van der Waals surface area contributed by atoms with E-state index in [1.165, 1.54) is 18.2 Å². The van der Waals surface area contributed by atoms with Gasteiger partial charge in [0.25, 0.3) is 0 Å². The fourth-order valence-electron chi connectivity index (χ4n) is 1.24. The van der Waals surface area contributed by atoms with Crippen molar-refractivity contribution in [1.29, 1.82) is 5.26 Å². The molecule has 0 aliphatic heterocycles. The first-order chi connectivity index (χ1) is 7.52. The Hall–Kier alpha value is -1.89. The molecule has 0 unspecified atom stereocenters. The van der Waals surface area contributed by atoms with E-state index < -0.39 is 5.82 Å². The van der Waals surface area contributed by atoms with Gasteiger partial charge in [-0.2, -0.15) is 5.26 Å². The summed E-state index contributed by atoms with van der Waals surface area (Å²) in [6.07, 6.45) is -0.129. The Morgan fingerprint density at radius 3 is 2.81 bits per heavy atom. The molecule has 0 aliphatic carbocycles. The molecule has 0 fully saturated rings. The van der Waals surface area contributed by atoms with Gasteiger partial charge in [-0.3, -0.25) is 4.79 Å². The second-order valence-electron chi connectivity index (χ2n) is 3.64. The van der Waals surface area contributed by atoms with Gasteiger partial charge in [0.15, 0.2) is 0 Å². The van der Waals surface area contributed by atoms with Crippen molar-refractivity contribution in [2.24, 2.45) is 0 Å². The monoisotopic (exact) mass is 221 g/mol. The number of ether oxygens (including phenoxy) is 1. The molecule has 1 aromatic carbocycles. The quantitative estimate of drug-likeness (QED) is 0.735. The molecular weight excluding hydrogens is 209 g/mol. The lowest BCUT2D eigenvalue weighted by Gasteiger charge is -2.07. The average Bonchev–Trinajstić information content (AvgIpc) is 2.19. The Kier molecular flexibility index (Phi) is 4.01. The molecule has 0 spiro atoms. The highest BCUT2D eigenvalue weighted by molar-refractivity contribution is 5.72. The summed E-state index contributed by atoms with van der Waals surface area (Å²) >= 11 is 0. The van der Waals surface area contributed by atoms with Crippen molar-refractivity contribution in [3.05, 3.63) is 35.1 Å². The molecule has 1 rings (SSSR count). The molecule has 0 amide bonds. The standard InChI is InChI=1S/C12H12FNO2/c1-8(2)16-12(15)6-9-3-4-11(13)10(5-9)7-14/h3-5,8H,6H2,1-2H3. The highest BCUT2D eigenvalue weighted by Gasteiger charge is 2.09. The number of nitrogens with zero attached hydrogens (tertiary/aromatic N) is 1. The Balaban J connectivity index is 2.76. The third-order valence-electron chi connectivity index (χ3n) is 1.87. The third-order valence-corrected chi connectivity index (χ3v) is 1.87. The van der Waals surface area contributed by atoms with E-state index in [0.29, 0.717) is 5.56 Å². The normalized spacial score (nSPS) is 9.94. The van der Waals surface area contributed by atoms with Crippen molar-refractivity contribution < 1.29 is 13.9 Å². The van der Waals surface area contributed by atoms with Crippen molar-refractivity contribution in [3.8, 4) is 6.07 Å². The lowest BCUT2D eigenvalue weighted by molar-refractivity contribution is -0.146. The van der Waals surface area contributed by atoms with Crippen LogP contribution in [0.1, 0.15) is 25.0 Å². The zero-order valence-corrected chi connectivity index (χ0v) is 9.16. The molecule has 0 saturated carbocycles. The predicted molar refractivity (Wildman–Crippen MR) is 56.0 cm³/mol. The molecule has 3 nitrogen and oxygen atoms in total. The highest BCUT2D eigenvalue weighted by atomic mass is 19.1. The number of benzene rings is 1. The van der Waals surface area contributed by atoms with Crippen LogP contribution in [0.2, 0.25) is 0 Å². The number of carbonyl (C=O) groups is 1. The molecular formula is C12H12FNO2. The van der Waals surface area contributed by atoms with Gasteiger partial charge in [-0.15, -0.1) is 0 Å². The Bertz CT molecular complexity index is 435. The molecule has 1 aromatic rings. The van der Waals surface area contributed by atoms with Crippen LogP contribution in [-0.2, 0) is 16.0 Å². The first-order valence-corrected chi connectivity index (χ1v) is 4.91. The maximum Gasteiger partial charge on any atom is 0.310 e. The number of rotatable bonds is 3. The van der Waals surface area contributed by atoms with E-state index in [1.54, 1.807) is 19.9 Å². The minimum atomic E-state index is -0.580. The van der Waals surface area contributed by atoms with Gasteiger partial charge < -0.3 is 4.74 Å². The number of hydrogen-bond acceptors (Lipinski definition) is 3. The molecule has 0 atom stereocenters. The topological polar surface area (TPSA) is 50.1 Å². The van der Waals surface area contributed by atoms with Crippen molar-refractivity contribution in [3.63, 3.8) is 0 Å². The van der Waals surface area contributed by atoms with Gasteiger partial charge in [-0.1, -0.05) is 6.07 Å². The molecule has 0 saturated heterocycles. The summed E-state index contributed by atoms with van der Waals surface area (Å²) in [5.74, 6) is -0.964. The first-order valence-electron chi connectivity index (χ1n) is 4.91. The van der Waals surface area contributed by atoms with E-state index in [9.17, 15) is 9.18 Å². The lowest BCUT2D eigenvalue weighted by atomic mass is 10.1. The summed E-state index contributed by atoms with van der Waals surface area (Å²) in [6, 6.07) is 5.73. The maximum absolute atomic E-state index is 13.0. The minimum absolute atomic E-state index is 0.0487. The Morgan fingerprint density at radius 2 is 2.25 bits per heavy atom. The van der Waals surface area contributed by atoms with E-state index in [1.807, 2.05) is 0 Å². The largest absolute Gasteiger partial charge is 0.463 e. The van der Waals surface area contributed by atoms with E-state index in [0.717, 1.165) is 0 Å². The fourth-order valence-corrected chi connectivity index (χ4v) is 1.24. The van der Waals surface area contributed by atoms with Crippen LogP contribution in [0.15, 0.2) is 18.2 Å². The summed E-state index contributed by atoms with van der Waals surface area (Å²) in [5.41, 5.74) is 0.512. The van der Waals surface area contributed by atoms with Crippen LogP contribution in [0.4, 0.5) is 4.39 Å². The molecule has 0 bridgehead atoms. The second-order valence-corrected chi connectivity index (χ2v) is 3.64. The number of esters is 1. The lowest BCUT2D eigenvalue weighted by Crippen LogP contribution is -2.13. The van der Waals surface area contributed by atoms with E-state index in [2.05, 4.69) is 0 Å². The number of carbonyl (C=O) groups excluding carboxylic acids is 1. The van der Waals surface area contributed by atoms with Gasteiger partial charge >= 0.3 is 5.97 Å². The molecule has 0 aliphatic rings. The molecule has 84 valence electrons. The van der Waals surface area contributed by atoms with Gasteiger partial charge in [0.05, 0.1) is 18.1 Å².